The van der Waals surface area contributed by atoms with Gasteiger partial charge in [0.2, 0.25) is 5.95 Å². The van der Waals surface area contributed by atoms with Crippen LogP contribution in [0.5, 0.6) is 0 Å². The van der Waals surface area contributed by atoms with Crippen molar-refractivity contribution in [1.29, 1.82) is 0 Å². The average Bonchev–Trinajstić information content (AvgIpc) is 2.42. The van der Waals surface area contributed by atoms with Crippen LogP contribution in [0.15, 0.2) is 12.4 Å². The van der Waals surface area contributed by atoms with E-state index in [0.717, 1.165) is 23.4 Å². The van der Waals surface area contributed by atoms with Crippen molar-refractivity contribution in [2.75, 3.05) is 11.4 Å². The number of halogens is 1. The lowest BCUT2D eigenvalue weighted by atomic mass is 9.94. The van der Waals surface area contributed by atoms with Gasteiger partial charge in [-0.25, -0.2) is 9.97 Å². The highest BCUT2D eigenvalue weighted by atomic mass is 79.9. The van der Waals surface area contributed by atoms with E-state index in [1.165, 1.54) is 32.1 Å². The average molecular weight is 298 g/mol. The van der Waals surface area contributed by atoms with E-state index < -0.39 is 0 Å². The molecule has 0 atom stereocenters. The summed E-state index contributed by atoms with van der Waals surface area (Å²) < 4.78 is 0. The van der Waals surface area contributed by atoms with Gasteiger partial charge in [-0.3, -0.25) is 0 Å². The van der Waals surface area contributed by atoms with Crippen LogP contribution in [-0.2, 0) is 5.33 Å². The molecule has 1 aliphatic carbocycles. The minimum absolute atomic E-state index is 0.642. The molecule has 0 radical (unpaired) electrons. The quantitative estimate of drug-likeness (QED) is 0.796. The van der Waals surface area contributed by atoms with Gasteiger partial charge in [-0.15, -0.1) is 0 Å². The van der Waals surface area contributed by atoms with Crippen molar-refractivity contribution in [3.8, 4) is 0 Å². The molecule has 94 valence electrons. The summed E-state index contributed by atoms with van der Waals surface area (Å²) in [7, 11) is 0. The first-order chi connectivity index (χ1) is 8.35. The van der Waals surface area contributed by atoms with E-state index in [1.54, 1.807) is 0 Å². The molecule has 0 unspecified atom stereocenters. The Kier molecular flexibility index (Phi) is 4.77. The van der Waals surface area contributed by atoms with E-state index >= 15 is 0 Å². The van der Waals surface area contributed by atoms with E-state index in [-0.39, 0.29) is 0 Å². The highest BCUT2D eigenvalue weighted by Gasteiger charge is 2.21. The zero-order valence-electron chi connectivity index (χ0n) is 10.4. The van der Waals surface area contributed by atoms with Crippen LogP contribution >= 0.6 is 15.9 Å². The summed E-state index contributed by atoms with van der Waals surface area (Å²) in [6, 6.07) is 0.642. The Morgan fingerprint density at radius 2 is 1.88 bits per heavy atom. The Morgan fingerprint density at radius 3 is 2.41 bits per heavy atom. The zero-order chi connectivity index (χ0) is 12.1. The summed E-state index contributed by atoms with van der Waals surface area (Å²) >= 11 is 3.42. The number of hydrogen-bond donors (Lipinski definition) is 0. The molecule has 3 nitrogen and oxygen atoms in total. The maximum atomic E-state index is 4.48. The molecule has 1 aliphatic rings. The monoisotopic (exact) mass is 297 g/mol. The summed E-state index contributed by atoms with van der Waals surface area (Å²) in [6.07, 6.45) is 10.5. The van der Waals surface area contributed by atoms with Crippen molar-refractivity contribution in [3.05, 3.63) is 18.0 Å². The summed E-state index contributed by atoms with van der Waals surface area (Å²) in [5, 5.41) is 0.822. The molecular weight excluding hydrogens is 278 g/mol. The molecule has 4 heteroatoms. The molecule has 0 aromatic carbocycles. The van der Waals surface area contributed by atoms with Gasteiger partial charge in [-0.05, 0) is 25.3 Å². The zero-order valence-corrected chi connectivity index (χ0v) is 12.0. The lowest BCUT2D eigenvalue weighted by Gasteiger charge is -2.33. The molecular formula is C13H20BrN3. The maximum absolute atomic E-state index is 4.48. The van der Waals surface area contributed by atoms with Crippen LogP contribution in [-0.4, -0.2) is 22.6 Å². The van der Waals surface area contributed by atoms with Crippen LogP contribution in [0.4, 0.5) is 5.95 Å². The second-order valence-corrected chi connectivity index (χ2v) is 5.16. The van der Waals surface area contributed by atoms with E-state index in [4.69, 9.17) is 0 Å². The minimum atomic E-state index is 0.642. The normalized spacial score (nSPS) is 17.1. The molecule has 0 N–H and O–H groups in total. The van der Waals surface area contributed by atoms with Crippen LogP contribution in [0.3, 0.4) is 0 Å². The van der Waals surface area contributed by atoms with Gasteiger partial charge in [-0.1, -0.05) is 35.2 Å². The minimum Gasteiger partial charge on any atom is -0.338 e. The van der Waals surface area contributed by atoms with Crippen LogP contribution in [0.1, 0.15) is 44.6 Å². The van der Waals surface area contributed by atoms with Crippen molar-refractivity contribution in [1.82, 2.24) is 9.97 Å². The smallest absolute Gasteiger partial charge is 0.225 e. The molecule has 0 spiro atoms. The fourth-order valence-corrected chi connectivity index (χ4v) is 2.81. The molecule has 17 heavy (non-hydrogen) atoms. The van der Waals surface area contributed by atoms with Gasteiger partial charge in [0.15, 0.2) is 0 Å². The topological polar surface area (TPSA) is 29.0 Å². The Balaban J connectivity index is 2.10. The third-order valence-electron chi connectivity index (χ3n) is 3.46. The Morgan fingerprint density at radius 1 is 1.24 bits per heavy atom. The predicted octanol–water partition coefficient (Wildman–Crippen LogP) is 3.53. The number of alkyl halides is 1. The number of hydrogen-bond acceptors (Lipinski definition) is 3. The second kappa shape index (κ2) is 6.34. The lowest BCUT2D eigenvalue weighted by Crippen LogP contribution is -2.37. The van der Waals surface area contributed by atoms with Crippen molar-refractivity contribution in [2.24, 2.45) is 0 Å². The largest absolute Gasteiger partial charge is 0.338 e. The molecule has 0 aliphatic heterocycles. The third kappa shape index (κ3) is 3.18. The molecule has 0 saturated heterocycles. The number of aromatic nitrogens is 2. The number of anilines is 1. The summed E-state index contributed by atoms with van der Waals surface area (Å²) in [4.78, 5) is 11.3. The molecule has 1 heterocycles. The Bertz CT molecular complexity index is 333. The first-order valence-electron chi connectivity index (χ1n) is 6.48. The fraction of sp³-hybridized carbons (Fsp3) is 0.692. The Labute approximate surface area is 112 Å². The predicted molar refractivity (Wildman–Crippen MR) is 74.6 cm³/mol. The molecule has 0 amide bonds. The summed E-state index contributed by atoms with van der Waals surface area (Å²) in [6.45, 7) is 3.19. The third-order valence-corrected chi connectivity index (χ3v) is 4.11. The van der Waals surface area contributed by atoms with Gasteiger partial charge >= 0.3 is 0 Å². The van der Waals surface area contributed by atoms with Gasteiger partial charge in [0.05, 0.1) is 0 Å². The van der Waals surface area contributed by atoms with E-state index in [0.29, 0.717) is 6.04 Å². The number of nitrogens with zero attached hydrogens (tertiary/aromatic N) is 3. The van der Waals surface area contributed by atoms with Gasteiger partial charge in [0.25, 0.3) is 0 Å². The standard InChI is InChI=1S/C13H20BrN3/c1-2-17(12-6-4-3-5-7-12)13-15-9-11(8-14)10-16-13/h9-10,12H,2-8H2,1H3. The molecule has 1 saturated carbocycles. The molecule has 1 fully saturated rings. The SMILES string of the molecule is CCN(c1ncc(CBr)cn1)C1CCCCC1. The maximum Gasteiger partial charge on any atom is 0.225 e. The van der Waals surface area contributed by atoms with Crippen LogP contribution in [0.2, 0.25) is 0 Å². The molecule has 1 aromatic heterocycles. The Hall–Kier alpha value is -0.640. The fourth-order valence-electron chi connectivity index (χ4n) is 2.52. The molecule has 1 aromatic rings. The van der Waals surface area contributed by atoms with Crippen molar-refractivity contribution >= 4 is 21.9 Å². The van der Waals surface area contributed by atoms with Crippen LogP contribution in [0.25, 0.3) is 0 Å². The van der Waals surface area contributed by atoms with E-state index in [9.17, 15) is 0 Å². The van der Waals surface area contributed by atoms with E-state index in [2.05, 4.69) is 37.7 Å². The highest BCUT2D eigenvalue weighted by molar-refractivity contribution is 9.08. The lowest BCUT2D eigenvalue weighted by molar-refractivity contribution is 0.414. The molecule has 2 rings (SSSR count). The summed E-state index contributed by atoms with van der Waals surface area (Å²) in [5.41, 5.74) is 1.13. The first-order valence-corrected chi connectivity index (χ1v) is 7.60. The van der Waals surface area contributed by atoms with Gasteiger partial charge < -0.3 is 4.90 Å². The number of rotatable bonds is 4. The summed E-state index contributed by atoms with van der Waals surface area (Å²) in [5.74, 6) is 0.893. The first kappa shape index (κ1) is 12.8. The van der Waals surface area contributed by atoms with Gasteiger partial charge in [0.1, 0.15) is 0 Å². The second-order valence-electron chi connectivity index (χ2n) is 4.60. The van der Waals surface area contributed by atoms with Crippen molar-refractivity contribution in [2.45, 2.75) is 50.4 Å². The van der Waals surface area contributed by atoms with Crippen LogP contribution in [0, 0.1) is 0 Å². The van der Waals surface area contributed by atoms with Crippen molar-refractivity contribution in [3.63, 3.8) is 0 Å². The highest BCUT2D eigenvalue weighted by Crippen LogP contribution is 2.25. The van der Waals surface area contributed by atoms with Crippen molar-refractivity contribution < 1.29 is 0 Å². The van der Waals surface area contributed by atoms with E-state index in [1.807, 2.05) is 12.4 Å². The van der Waals surface area contributed by atoms with Gasteiger partial charge in [-0.2, -0.15) is 0 Å². The van der Waals surface area contributed by atoms with Gasteiger partial charge in [0, 0.05) is 30.3 Å². The molecule has 0 bridgehead atoms. The van der Waals surface area contributed by atoms with Crippen LogP contribution < -0.4 is 4.90 Å².